The van der Waals surface area contributed by atoms with Crippen LogP contribution in [0.25, 0.3) is 16.5 Å². The second kappa shape index (κ2) is 7.64. The number of phenolic OH excluding ortho intramolecular Hbond substituents is 1. The summed E-state index contributed by atoms with van der Waals surface area (Å²) in [5, 5.41) is 16.0. The largest absolute Gasteiger partial charge is 0.507 e. The Bertz CT molecular complexity index is 1240. The molecule has 0 atom stereocenters. The minimum absolute atomic E-state index is 0.0742. The van der Waals surface area contributed by atoms with E-state index < -0.39 is 5.91 Å². The standard InChI is InChI=1S/C24H21N3O2/c1-16-9-10-20(12-17(16)2)27-11-5-8-21(27)15-25-26-24(29)22-13-18-6-3-4-7-19(18)14-23(22)28/h3-15,28H,1-2H3,(H,26,29). The number of nitrogens with one attached hydrogen (secondary N) is 1. The Hall–Kier alpha value is -3.86. The first-order valence-electron chi connectivity index (χ1n) is 9.33. The molecule has 0 spiro atoms. The molecule has 0 saturated heterocycles. The summed E-state index contributed by atoms with van der Waals surface area (Å²) in [7, 11) is 0. The van der Waals surface area contributed by atoms with Gasteiger partial charge in [-0.25, -0.2) is 5.43 Å². The van der Waals surface area contributed by atoms with E-state index in [1.54, 1.807) is 18.3 Å². The molecule has 4 rings (SSSR count). The third-order valence-electron chi connectivity index (χ3n) is 5.02. The van der Waals surface area contributed by atoms with Gasteiger partial charge in [-0.1, -0.05) is 30.3 Å². The van der Waals surface area contributed by atoms with Gasteiger partial charge < -0.3 is 9.67 Å². The minimum atomic E-state index is -0.464. The third-order valence-corrected chi connectivity index (χ3v) is 5.02. The van der Waals surface area contributed by atoms with Crippen molar-refractivity contribution in [2.75, 3.05) is 0 Å². The van der Waals surface area contributed by atoms with E-state index in [0.717, 1.165) is 22.2 Å². The predicted molar refractivity (Wildman–Crippen MR) is 116 cm³/mol. The number of aromatic nitrogens is 1. The predicted octanol–water partition coefficient (Wildman–Crippen LogP) is 4.72. The minimum Gasteiger partial charge on any atom is -0.507 e. The van der Waals surface area contributed by atoms with Crippen molar-refractivity contribution in [2.24, 2.45) is 5.10 Å². The SMILES string of the molecule is Cc1ccc(-n2cccc2C=NNC(=O)c2cc3ccccc3cc2O)cc1C. The highest BCUT2D eigenvalue weighted by Gasteiger charge is 2.12. The zero-order valence-electron chi connectivity index (χ0n) is 16.3. The molecule has 0 saturated carbocycles. The Morgan fingerprint density at radius 3 is 2.48 bits per heavy atom. The molecule has 0 fully saturated rings. The molecule has 1 amide bonds. The van der Waals surface area contributed by atoms with Gasteiger partial charge in [-0.05, 0) is 72.1 Å². The molecule has 0 radical (unpaired) electrons. The monoisotopic (exact) mass is 383 g/mol. The number of hydrogen-bond acceptors (Lipinski definition) is 3. The van der Waals surface area contributed by atoms with Crippen molar-refractivity contribution in [1.82, 2.24) is 9.99 Å². The van der Waals surface area contributed by atoms with Crippen LogP contribution in [0, 0.1) is 13.8 Å². The van der Waals surface area contributed by atoms with Crippen LogP contribution in [0.1, 0.15) is 27.2 Å². The molecule has 29 heavy (non-hydrogen) atoms. The van der Waals surface area contributed by atoms with E-state index in [9.17, 15) is 9.90 Å². The molecule has 2 N–H and O–H groups in total. The van der Waals surface area contributed by atoms with Crippen LogP contribution in [0.15, 0.2) is 78.0 Å². The highest BCUT2D eigenvalue weighted by molar-refractivity contribution is 6.01. The van der Waals surface area contributed by atoms with Gasteiger partial charge in [0.2, 0.25) is 0 Å². The summed E-state index contributed by atoms with van der Waals surface area (Å²) in [5.74, 6) is -0.538. The lowest BCUT2D eigenvalue weighted by atomic mass is 10.1. The summed E-state index contributed by atoms with van der Waals surface area (Å²) in [4.78, 5) is 12.5. The topological polar surface area (TPSA) is 66.6 Å². The van der Waals surface area contributed by atoms with E-state index >= 15 is 0 Å². The number of hydrazone groups is 1. The average Bonchev–Trinajstić information content (AvgIpc) is 3.18. The van der Waals surface area contributed by atoms with Crippen LogP contribution in [-0.2, 0) is 0 Å². The number of rotatable bonds is 4. The first-order chi connectivity index (χ1) is 14.0. The average molecular weight is 383 g/mol. The number of amides is 1. The van der Waals surface area contributed by atoms with Gasteiger partial charge in [0.15, 0.2) is 0 Å². The molecular weight excluding hydrogens is 362 g/mol. The summed E-state index contributed by atoms with van der Waals surface area (Å²) in [6, 6.07) is 20.9. The van der Waals surface area contributed by atoms with Gasteiger partial charge in [0.05, 0.1) is 17.5 Å². The summed E-state index contributed by atoms with van der Waals surface area (Å²) < 4.78 is 2.00. The smallest absolute Gasteiger partial charge is 0.275 e. The van der Waals surface area contributed by atoms with Gasteiger partial charge in [-0.2, -0.15) is 5.10 Å². The van der Waals surface area contributed by atoms with Gasteiger partial charge in [-0.3, -0.25) is 4.79 Å². The molecule has 3 aromatic carbocycles. The van der Waals surface area contributed by atoms with Crippen LogP contribution in [0.3, 0.4) is 0 Å². The number of nitrogens with zero attached hydrogens (tertiary/aromatic N) is 2. The molecule has 0 bridgehead atoms. The molecule has 1 heterocycles. The molecule has 0 aliphatic carbocycles. The molecule has 0 aliphatic heterocycles. The van der Waals surface area contributed by atoms with E-state index in [1.807, 2.05) is 53.2 Å². The number of carbonyl (C=O) groups is 1. The van der Waals surface area contributed by atoms with Crippen molar-refractivity contribution in [3.63, 3.8) is 0 Å². The maximum Gasteiger partial charge on any atom is 0.275 e. The molecule has 5 nitrogen and oxygen atoms in total. The first-order valence-corrected chi connectivity index (χ1v) is 9.33. The number of phenols is 1. The number of aryl methyl sites for hydroxylation is 2. The van der Waals surface area contributed by atoms with E-state index in [4.69, 9.17) is 0 Å². The van der Waals surface area contributed by atoms with Crippen molar-refractivity contribution >= 4 is 22.9 Å². The fourth-order valence-corrected chi connectivity index (χ4v) is 3.24. The van der Waals surface area contributed by atoms with Crippen LogP contribution in [0.5, 0.6) is 5.75 Å². The third kappa shape index (κ3) is 3.75. The first kappa shape index (κ1) is 18.5. The normalized spacial score (nSPS) is 11.2. The zero-order chi connectivity index (χ0) is 20.4. The highest BCUT2D eigenvalue weighted by atomic mass is 16.3. The number of carbonyl (C=O) groups excluding carboxylic acids is 1. The maximum absolute atomic E-state index is 12.5. The number of benzene rings is 3. The maximum atomic E-state index is 12.5. The van der Waals surface area contributed by atoms with Crippen LogP contribution < -0.4 is 5.43 Å². The molecule has 144 valence electrons. The summed E-state index contributed by atoms with van der Waals surface area (Å²) in [5.41, 5.74) is 6.98. The number of hydrogen-bond donors (Lipinski definition) is 2. The number of aromatic hydroxyl groups is 1. The lowest BCUT2D eigenvalue weighted by Gasteiger charge is -2.09. The van der Waals surface area contributed by atoms with Gasteiger partial charge in [0.25, 0.3) is 5.91 Å². The summed E-state index contributed by atoms with van der Waals surface area (Å²) in [6.07, 6.45) is 3.54. The van der Waals surface area contributed by atoms with Gasteiger partial charge >= 0.3 is 0 Å². The molecule has 5 heteroatoms. The second-order valence-corrected chi connectivity index (χ2v) is 6.99. The molecule has 0 aliphatic rings. The second-order valence-electron chi connectivity index (χ2n) is 6.99. The van der Waals surface area contributed by atoms with Crippen molar-refractivity contribution in [1.29, 1.82) is 0 Å². The quantitative estimate of drug-likeness (QED) is 0.396. The lowest BCUT2D eigenvalue weighted by Crippen LogP contribution is -2.18. The Morgan fingerprint density at radius 1 is 0.966 bits per heavy atom. The number of fused-ring (bicyclic) bond motifs is 1. The Kier molecular flexibility index (Phi) is 4.87. The van der Waals surface area contributed by atoms with Crippen molar-refractivity contribution in [2.45, 2.75) is 13.8 Å². The fourth-order valence-electron chi connectivity index (χ4n) is 3.24. The van der Waals surface area contributed by atoms with E-state index in [2.05, 4.69) is 36.5 Å². The van der Waals surface area contributed by atoms with E-state index in [0.29, 0.717) is 0 Å². The van der Waals surface area contributed by atoms with Crippen LogP contribution in [-0.4, -0.2) is 21.8 Å². The Balaban J connectivity index is 1.54. The van der Waals surface area contributed by atoms with Crippen LogP contribution >= 0.6 is 0 Å². The Morgan fingerprint density at radius 2 is 1.72 bits per heavy atom. The Labute approximate surface area is 168 Å². The van der Waals surface area contributed by atoms with Gasteiger partial charge in [0, 0.05) is 11.9 Å². The molecule has 0 unspecified atom stereocenters. The molecular formula is C24H21N3O2. The summed E-state index contributed by atoms with van der Waals surface area (Å²) in [6.45, 7) is 4.15. The molecule has 1 aromatic heterocycles. The van der Waals surface area contributed by atoms with E-state index in [1.165, 1.54) is 11.1 Å². The fraction of sp³-hybridized carbons (Fsp3) is 0.0833. The summed E-state index contributed by atoms with van der Waals surface area (Å²) >= 11 is 0. The molecule has 4 aromatic rings. The van der Waals surface area contributed by atoms with Gasteiger partial charge in [0.1, 0.15) is 5.75 Å². The van der Waals surface area contributed by atoms with Crippen molar-refractivity contribution in [3.05, 3.63) is 95.3 Å². The van der Waals surface area contributed by atoms with Crippen LogP contribution in [0.4, 0.5) is 0 Å². The highest BCUT2D eigenvalue weighted by Crippen LogP contribution is 2.24. The van der Waals surface area contributed by atoms with Gasteiger partial charge in [-0.15, -0.1) is 0 Å². The van der Waals surface area contributed by atoms with Crippen molar-refractivity contribution in [3.8, 4) is 11.4 Å². The van der Waals surface area contributed by atoms with E-state index in [-0.39, 0.29) is 11.3 Å². The van der Waals surface area contributed by atoms with Crippen LogP contribution in [0.2, 0.25) is 0 Å². The lowest BCUT2D eigenvalue weighted by molar-refractivity contribution is 0.0952. The van der Waals surface area contributed by atoms with Crippen molar-refractivity contribution < 1.29 is 9.90 Å². The zero-order valence-corrected chi connectivity index (χ0v) is 16.3.